The molecule has 6 atom stereocenters. The van der Waals surface area contributed by atoms with Crippen molar-refractivity contribution in [1.82, 2.24) is 14.6 Å². The van der Waals surface area contributed by atoms with E-state index in [1.54, 1.807) is 44.2 Å². The van der Waals surface area contributed by atoms with Crippen LogP contribution in [0, 0.1) is 0 Å². The second kappa shape index (κ2) is 13.4. The zero-order chi connectivity index (χ0) is 30.5. The molecule has 12 nitrogen and oxygen atoms in total. The summed E-state index contributed by atoms with van der Waals surface area (Å²) in [5.41, 5.74) is -2.55. The molecule has 4 N–H and O–H groups in total. The Kier molecular flexibility index (Phi) is 10.2. The average molecular weight is 620 g/mol. The first-order chi connectivity index (χ1) is 19.9. The molecule has 1 aromatic heterocycles. The Morgan fingerprint density at radius 3 is 2.40 bits per heavy atom. The first-order valence-corrected chi connectivity index (χ1v) is 15.9. The zero-order valence-corrected chi connectivity index (χ0v) is 25.0. The number of carbonyl (C=O) groups is 1. The highest BCUT2D eigenvalue weighted by molar-refractivity contribution is 8.09. The summed E-state index contributed by atoms with van der Waals surface area (Å²) in [4.78, 5) is 39.2. The molecule has 0 bridgehead atoms. The lowest BCUT2D eigenvalue weighted by molar-refractivity contribution is -0.149. The molecule has 0 saturated carbocycles. The maximum atomic E-state index is 13.2. The Bertz CT molecular complexity index is 1510. The molecule has 0 aliphatic carbocycles. The molecule has 0 spiro atoms. The second-order valence-corrected chi connectivity index (χ2v) is 13.4. The highest BCUT2D eigenvalue weighted by Crippen LogP contribution is 2.47. The normalized spacial score (nSPS) is 24.2. The topological polar surface area (TPSA) is 161 Å². The molecule has 1 aliphatic heterocycles. The number of H-pyrrole nitrogens is 1. The first-order valence-electron chi connectivity index (χ1n) is 13.3. The maximum Gasteiger partial charge on any atom is 0.330 e. The standard InChI is InChI=1S/C28H34N3O9PS/c1-18(2)38-25(34)21(16-19-10-6-4-7-11-19)30-41(42,40-20-12-8-5-9-13-20)37-17-22-24(33)28(3,36)26(39-22)31-15-14-23(32)29-27(31)35/h4-15,18,21-22,24,26,33,36H,16-17H2,1-3H3,(H,30,42)(H,29,32,35)/t21-,22+,24+,26+,28+,41?/m0/s1. The van der Waals surface area contributed by atoms with Crippen molar-refractivity contribution in [1.29, 1.82) is 0 Å². The Morgan fingerprint density at radius 1 is 1.14 bits per heavy atom. The minimum absolute atomic E-state index is 0.223. The van der Waals surface area contributed by atoms with Crippen molar-refractivity contribution in [2.24, 2.45) is 0 Å². The third-order valence-electron chi connectivity index (χ3n) is 6.47. The van der Waals surface area contributed by atoms with E-state index in [0.717, 1.165) is 22.4 Å². The molecule has 2 aromatic carbocycles. The van der Waals surface area contributed by atoms with Crippen molar-refractivity contribution < 1.29 is 33.5 Å². The van der Waals surface area contributed by atoms with Crippen LogP contribution < -0.4 is 20.9 Å². The summed E-state index contributed by atoms with van der Waals surface area (Å²) in [6, 6.07) is 18.1. The molecular formula is C28H34N3O9PS. The largest absolute Gasteiger partial charge is 0.462 e. The van der Waals surface area contributed by atoms with Crippen LogP contribution in [0.4, 0.5) is 0 Å². The predicted molar refractivity (Wildman–Crippen MR) is 157 cm³/mol. The molecule has 0 radical (unpaired) electrons. The van der Waals surface area contributed by atoms with Gasteiger partial charge < -0.3 is 28.7 Å². The SMILES string of the molecule is CC(C)OC(=O)[C@H](Cc1ccccc1)NP(=S)(OC[C@H]1O[C@@H](n2ccc(=O)[nH]c2=O)[C@](C)(O)[C@@H]1O)Oc1ccccc1. The van der Waals surface area contributed by atoms with Gasteiger partial charge in [-0.1, -0.05) is 48.5 Å². The summed E-state index contributed by atoms with van der Waals surface area (Å²) < 4.78 is 24.5. The molecule has 4 rings (SSSR count). The summed E-state index contributed by atoms with van der Waals surface area (Å²) in [5.74, 6) is -0.178. The van der Waals surface area contributed by atoms with Gasteiger partial charge in [-0.25, -0.2) is 9.88 Å². The van der Waals surface area contributed by atoms with E-state index in [-0.39, 0.29) is 19.1 Å². The number of rotatable bonds is 12. The van der Waals surface area contributed by atoms with E-state index in [2.05, 4.69) is 10.1 Å². The molecule has 0 amide bonds. The highest BCUT2D eigenvalue weighted by atomic mass is 32.5. The highest BCUT2D eigenvalue weighted by Gasteiger charge is 2.54. The van der Waals surface area contributed by atoms with Crippen LogP contribution in [0.1, 0.15) is 32.6 Å². The van der Waals surface area contributed by atoms with Crippen molar-refractivity contribution >= 4 is 24.4 Å². The number of para-hydroxylation sites is 1. The van der Waals surface area contributed by atoms with Crippen LogP contribution in [0.25, 0.3) is 0 Å². The number of carbonyl (C=O) groups excluding carboxylic acids is 1. The molecule has 1 saturated heterocycles. The van der Waals surface area contributed by atoms with Gasteiger partial charge in [0.2, 0.25) is 0 Å². The molecule has 1 fully saturated rings. The smallest absolute Gasteiger partial charge is 0.330 e. The lowest BCUT2D eigenvalue weighted by atomic mass is 9.96. The van der Waals surface area contributed by atoms with Gasteiger partial charge in [0.15, 0.2) is 6.23 Å². The Morgan fingerprint density at radius 2 is 1.79 bits per heavy atom. The molecule has 3 aromatic rings. The maximum absolute atomic E-state index is 13.2. The van der Waals surface area contributed by atoms with Crippen molar-refractivity contribution in [3.63, 3.8) is 0 Å². The van der Waals surface area contributed by atoms with Gasteiger partial charge >= 0.3 is 18.3 Å². The number of aliphatic hydroxyl groups is 2. The number of nitrogens with zero attached hydrogens (tertiary/aromatic N) is 1. The summed E-state index contributed by atoms with van der Waals surface area (Å²) in [6.07, 6.45) is -3.03. The number of nitrogens with one attached hydrogen (secondary N) is 2. The van der Waals surface area contributed by atoms with Gasteiger partial charge in [0.05, 0.1) is 12.7 Å². The van der Waals surface area contributed by atoms with Gasteiger partial charge in [0, 0.05) is 12.3 Å². The van der Waals surface area contributed by atoms with Gasteiger partial charge in [-0.05, 0) is 56.7 Å². The Labute approximate surface area is 247 Å². The fourth-order valence-corrected chi connectivity index (χ4v) is 6.73. The van der Waals surface area contributed by atoms with E-state index in [1.807, 2.05) is 30.3 Å². The number of benzene rings is 2. The van der Waals surface area contributed by atoms with Crippen molar-refractivity contribution in [3.8, 4) is 5.75 Å². The van der Waals surface area contributed by atoms with Crippen molar-refractivity contribution in [3.05, 3.63) is 99.3 Å². The summed E-state index contributed by atoms with van der Waals surface area (Å²) in [6.45, 7) is 0.828. The lowest BCUT2D eigenvalue weighted by Crippen LogP contribution is -2.47. The van der Waals surface area contributed by atoms with Gasteiger partial charge in [-0.15, -0.1) is 0 Å². The second-order valence-electron chi connectivity index (χ2n) is 10.3. The third-order valence-corrected chi connectivity index (χ3v) is 8.89. The van der Waals surface area contributed by atoms with E-state index in [0.29, 0.717) is 5.75 Å². The summed E-state index contributed by atoms with van der Waals surface area (Å²) >= 11 is 5.85. The predicted octanol–water partition coefficient (Wildman–Crippen LogP) is 2.02. The van der Waals surface area contributed by atoms with E-state index < -0.39 is 53.9 Å². The van der Waals surface area contributed by atoms with Gasteiger partial charge in [0.1, 0.15) is 29.6 Å². The van der Waals surface area contributed by atoms with Crippen LogP contribution in [0.2, 0.25) is 0 Å². The van der Waals surface area contributed by atoms with E-state index in [9.17, 15) is 24.6 Å². The fraction of sp³-hybridized carbons (Fsp3) is 0.393. The van der Waals surface area contributed by atoms with Gasteiger partial charge in [0.25, 0.3) is 5.56 Å². The molecule has 42 heavy (non-hydrogen) atoms. The number of hydrogen-bond donors (Lipinski definition) is 4. The van der Waals surface area contributed by atoms with Crippen LogP contribution >= 0.6 is 6.64 Å². The van der Waals surface area contributed by atoms with Crippen LogP contribution in [-0.2, 0) is 37.0 Å². The number of aromatic amines is 1. The van der Waals surface area contributed by atoms with Crippen molar-refractivity contribution in [2.45, 2.75) is 63.4 Å². The average Bonchev–Trinajstić information content (AvgIpc) is 3.16. The van der Waals surface area contributed by atoms with Crippen molar-refractivity contribution in [2.75, 3.05) is 6.61 Å². The molecule has 2 heterocycles. The van der Waals surface area contributed by atoms with E-state index in [4.69, 9.17) is 30.3 Å². The quantitative estimate of drug-likeness (QED) is 0.173. The third kappa shape index (κ3) is 7.81. The zero-order valence-electron chi connectivity index (χ0n) is 23.3. The number of aromatic nitrogens is 2. The Balaban J connectivity index is 1.59. The molecule has 226 valence electrons. The van der Waals surface area contributed by atoms with Gasteiger partial charge in [-0.2, -0.15) is 0 Å². The monoisotopic (exact) mass is 619 g/mol. The summed E-state index contributed by atoms with van der Waals surface area (Å²) in [7, 11) is 0. The molecular weight excluding hydrogens is 585 g/mol. The number of esters is 1. The minimum Gasteiger partial charge on any atom is -0.462 e. The number of ether oxygens (including phenoxy) is 2. The van der Waals surface area contributed by atoms with E-state index >= 15 is 0 Å². The van der Waals surface area contributed by atoms with Crippen LogP contribution in [0.5, 0.6) is 5.75 Å². The Hall–Kier alpha value is -3.16. The van der Waals surface area contributed by atoms with Gasteiger partial charge in [-0.3, -0.25) is 19.1 Å². The molecule has 1 aliphatic rings. The minimum atomic E-state index is -3.57. The molecule has 14 heteroatoms. The molecule has 1 unspecified atom stereocenters. The first kappa shape index (κ1) is 31.8. The summed E-state index contributed by atoms with van der Waals surface area (Å²) in [5, 5.41) is 25.1. The fourth-order valence-electron chi connectivity index (χ4n) is 4.41. The number of hydrogen-bond acceptors (Lipinski definition) is 10. The van der Waals surface area contributed by atoms with E-state index in [1.165, 1.54) is 6.92 Å². The van der Waals surface area contributed by atoms with Crippen LogP contribution in [0.3, 0.4) is 0 Å². The lowest BCUT2D eigenvalue weighted by Gasteiger charge is -2.29. The number of aliphatic hydroxyl groups excluding tert-OH is 1. The van der Waals surface area contributed by atoms with Crippen LogP contribution in [-0.4, -0.2) is 62.3 Å². The van der Waals surface area contributed by atoms with Crippen LogP contribution in [0.15, 0.2) is 82.5 Å².